The Morgan fingerprint density at radius 3 is 2.94 bits per heavy atom. The molecular weight excluding hydrogens is 464 g/mol. The number of hydrogen-bond acceptors (Lipinski definition) is 5. The van der Waals surface area contributed by atoms with Crippen LogP contribution in [0.3, 0.4) is 0 Å². The molecule has 0 unspecified atom stereocenters. The summed E-state index contributed by atoms with van der Waals surface area (Å²) in [5.41, 5.74) is 3.64. The number of hydrogen-bond donors (Lipinski definition) is 1. The highest BCUT2D eigenvalue weighted by atomic mass is 35.5. The Kier molecular flexibility index (Phi) is 6.16. The van der Waals surface area contributed by atoms with Crippen molar-refractivity contribution in [2.75, 3.05) is 13.2 Å². The molecule has 1 fully saturated rings. The molecule has 0 aliphatic carbocycles. The van der Waals surface area contributed by atoms with E-state index in [-0.39, 0.29) is 28.3 Å². The average Bonchev–Trinajstić information content (AvgIpc) is 3.44. The first-order chi connectivity index (χ1) is 15.5. The predicted octanol–water partition coefficient (Wildman–Crippen LogP) is 5.16. The number of benzene rings is 1. The number of nitrogens with zero attached hydrogens (tertiary/aromatic N) is 1. The summed E-state index contributed by atoms with van der Waals surface area (Å²) in [6.07, 6.45) is 2.51. The number of carbonyl (C=O) groups excluding carboxylic acids is 1. The van der Waals surface area contributed by atoms with Crippen LogP contribution in [0.5, 0.6) is 0 Å². The van der Waals surface area contributed by atoms with Crippen LogP contribution in [0.15, 0.2) is 50.8 Å². The van der Waals surface area contributed by atoms with Gasteiger partial charge in [0.15, 0.2) is 5.43 Å². The highest BCUT2D eigenvalue weighted by Gasteiger charge is 2.30. The third-order valence-corrected chi connectivity index (χ3v) is 8.21. The van der Waals surface area contributed by atoms with Gasteiger partial charge in [-0.1, -0.05) is 11.6 Å². The van der Waals surface area contributed by atoms with E-state index in [1.54, 1.807) is 29.2 Å². The fraction of sp³-hybridized carbons (Fsp3) is 0.333. The summed E-state index contributed by atoms with van der Waals surface area (Å²) < 4.78 is 7.68. The molecule has 1 saturated heterocycles. The Balaban J connectivity index is 1.63. The van der Waals surface area contributed by atoms with Gasteiger partial charge in [0.1, 0.15) is 5.56 Å². The van der Waals surface area contributed by atoms with Crippen molar-refractivity contribution >= 4 is 40.6 Å². The molecule has 0 spiro atoms. The lowest BCUT2D eigenvalue weighted by atomic mass is 10.0. The second-order valence-corrected chi connectivity index (χ2v) is 10.6. The predicted molar refractivity (Wildman–Crippen MR) is 130 cm³/mol. The van der Waals surface area contributed by atoms with Gasteiger partial charge in [-0.15, -0.1) is 11.8 Å². The van der Waals surface area contributed by atoms with E-state index in [4.69, 9.17) is 16.3 Å². The molecule has 2 aliphatic heterocycles. The van der Waals surface area contributed by atoms with Gasteiger partial charge < -0.3 is 14.6 Å². The van der Waals surface area contributed by atoms with Crippen LogP contribution in [0, 0.1) is 6.92 Å². The van der Waals surface area contributed by atoms with Crippen LogP contribution in [0.25, 0.3) is 5.69 Å². The smallest absolute Gasteiger partial charge is 0.257 e. The fourth-order valence-corrected chi connectivity index (χ4v) is 6.79. The van der Waals surface area contributed by atoms with Gasteiger partial charge in [0.25, 0.3) is 5.91 Å². The quantitative estimate of drug-likeness (QED) is 0.553. The van der Waals surface area contributed by atoms with Gasteiger partial charge in [0.05, 0.1) is 11.8 Å². The zero-order chi connectivity index (χ0) is 22.2. The van der Waals surface area contributed by atoms with Crippen LogP contribution in [-0.2, 0) is 11.2 Å². The van der Waals surface area contributed by atoms with Gasteiger partial charge in [-0.2, -0.15) is 11.3 Å². The van der Waals surface area contributed by atoms with Crippen LogP contribution in [0.4, 0.5) is 0 Å². The first kappa shape index (κ1) is 21.8. The van der Waals surface area contributed by atoms with E-state index in [2.05, 4.69) is 22.1 Å². The van der Waals surface area contributed by atoms with Crippen molar-refractivity contribution in [2.24, 2.45) is 0 Å². The Morgan fingerprint density at radius 2 is 2.19 bits per heavy atom. The van der Waals surface area contributed by atoms with Gasteiger partial charge in [-0.25, -0.2) is 0 Å². The lowest BCUT2D eigenvalue weighted by Gasteiger charge is -2.20. The molecule has 1 amide bonds. The normalized spacial score (nSPS) is 19.8. The summed E-state index contributed by atoms with van der Waals surface area (Å²) in [6.45, 7) is 3.05. The van der Waals surface area contributed by atoms with Crippen LogP contribution in [0.1, 0.15) is 45.4 Å². The van der Waals surface area contributed by atoms with Crippen molar-refractivity contribution < 1.29 is 9.53 Å². The maximum absolute atomic E-state index is 13.3. The lowest BCUT2D eigenvalue weighted by Crippen LogP contribution is -2.36. The molecule has 8 heteroatoms. The van der Waals surface area contributed by atoms with E-state index >= 15 is 0 Å². The van der Waals surface area contributed by atoms with Gasteiger partial charge in [0, 0.05) is 52.2 Å². The maximum atomic E-state index is 13.3. The third-order valence-electron chi connectivity index (χ3n) is 5.96. The van der Waals surface area contributed by atoms with Crippen molar-refractivity contribution in [2.45, 2.75) is 42.4 Å². The van der Waals surface area contributed by atoms with Crippen LogP contribution >= 0.6 is 34.7 Å². The lowest BCUT2D eigenvalue weighted by molar-refractivity contribution is 0.0855. The van der Waals surface area contributed by atoms with E-state index < -0.39 is 0 Å². The summed E-state index contributed by atoms with van der Waals surface area (Å²) in [4.78, 5) is 27.4. The Morgan fingerprint density at radius 1 is 1.31 bits per heavy atom. The Bertz CT molecular complexity index is 1220. The van der Waals surface area contributed by atoms with E-state index in [1.165, 1.54) is 5.56 Å². The van der Waals surface area contributed by atoms with E-state index in [1.807, 2.05) is 29.7 Å². The first-order valence-corrected chi connectivity index (χ1v) is 12.9. The number of nitrogens with one attached hydrogen (secondary N) is 1. The summed E-state index contributed by atoms with van der Waals surface area (Å²) >= 11 is 9.70. The number of rotatable bonds is 4. The monoisotopic (exact) mass is 486 g/mol. The number of thioether (sulfide) groups is 1. The minimum atomic E-state index is -0.333. The van der Waals surface area contributed by atoms with Crippen LogP contribution < -0.4 is 10.7 Å². The molecular formula is C24H23ClN2O3S2. The third kappa shape index (κ3) is 4.15. The molecule has 1 aromatic carbocycles. The highest BCUT2D eigenvalue weighted by molar-refractivity contribution is 7.99. The van der Waals surface area contributed by atoms with E-state index in [0.29, 0.717) is 18.0 Å². The molecule has 32 heavy (non-hydrogen) atoms. The average molecular weight is 487 g/mol. The largest absolute Gasteiger partial charge is 0.376 e. The van der Waals surface area contributed by atoms with Crippen molar-refractivity contribution in [3.63, 3.8) is 0 Å². The Labute approximate surface area is 199 Å². The SMILES string of the molecule is Cc1cc(=O)c(C(=O)NC[C@H]2CCCO2)c2n1-c1ccc(Cl)cc1S[C@H](c1ccsc1)C2. The fourth-order valence-electron chi connectivity index (χ4n) is 4.45. The molecule has 0 bridgehead atoms. The molecule has 3 aromatic rings. The number of ether oxygens (including phenoxy) is 1. The number of aromatic nitrogens is 1. The number of pyridine rings is 1. The first-order valence-electron chi connectivity index (χ1n) is 10.7. The summed E-state index contributed by atoms with van der Waals surface area (Å²) in [5, 5.41) is 7.86. The van der Waals surface area contributed by atoms with Gasteiger partial charge in [-0.05, 0) is 60.4 Å². The summed E-state index contributed by atoms with van der Waals surface area (Å²) in [6, 6.07) is 9.44. The van der Waals surface area contributed by atoms with Gasteiger partial charge in [-0.3, -0.25) is 9.59 Å². The molecule has 2 atom stereocenters. The van der Waals surface area contributed by atoms with Crippen LogP contribution in [0.2, 0.25) is 5.02 Å². The van der Waals surface area contributed by atoms with Crippen molar-refractivity contribution in [1.29, 1.82) is 0 Å². The number of aryl methyl sites for hydroxylation is 1. The number of carbonyl (C=O) groups is 1. The molecule has 2 aromatic heterocycles. The minimum Gasteiger partial charge on any atom is -0.376 e. The molecule has 5 nitrogen and oxygen atoms in total. The topological polar surface area (TPSA) is 60.3 Å². The van der Waals surface area contributed by atoms with Crippen LogP contribution in [-0.4, -0.2) is 29.7 Å². The second kappa shape index (κ2) is 9.06. The summed E-state index contributed by atoms with van der Waals surface area (Å²) in [5.74, 6) is -0.333. The maximum Gasteiger partial charge on any atom is 0.257 e. The van der Waals surface area contributed by atoms with Gasteiger partial charge >= 0.3 is 0 Å². The van der Waals surface area contributed by atoms with Crippen molar-refractivity contribution in [1.82, 2.24) is 9.88 Å². The minimum absolute atomic E-state index is 0.0164. The number of thiophene rings is 1. The van der Waals surface area contributed by atoms with E-state index in [9.17, 15) is 9.59 Å². The molecule has 0 saturated carbocycles. The zero-order valence-electron chi connectivity index (χ0n) is 17.6. The molecule has 0 radical (unpaired) electrons. The highest BCUT2D eigenvalue weighted by Crippen LogP contribution is 2.45. The molecule has 166 valence electrons. The number of amides is 1. The van der Waals surface area contributed by atoms with Gasteiger partial charge in [0.2, 0.25) is 0 Å². The molecule has 5 rings (SSSR count). The zero-order valence-corrected chi connectivity index (χ0v) is 20.0. The molecule has 2 aliphatic rings. The Hall–Kier alpha value is -2.06. The van der Waals surface area contributed by atoms with E-state index in [0.717, 1.165) is 41.4 Å². The second-order valence-electron chi connectivity index (χ2n) is 8.13. The molecule has 1 N–H and O–H groups in total. The van der Waals surface area contributed by atoms with Crippen molar-refractivity contribution in [3.8, 4) is 5.69 Å². The van der Waals surface area contributed by atoms with Crippen molar-refractivity contribution in [3.05, 3.63) is 78.9 Å². The number of halogens is 1. The standard InChI is InChI=1S/C24H23ClN2O3S2/c1-14-9-20(28)23(24(29)26-12-17-3-2-7-30-17)19-11-21(15-6-8-31-13-15)32-22-10-16(25)4-5-18(22)27(14)19/h4-6,8-10,13,17,21H,2-3,7,11-12H2,1H3,(H,26,29)/t17-,21+/m1/s1. The number of fused-ring (bicyclic) bond motifs is 3. The molecule has 4 heterocycles. The summed E-state index contributed by atoms with van der Waals surface area (Å²) in [7, 11) is 0.